The second-order valence-corrected chi connectivity index (χ2v) is 4.53. The Morgan fingerprint density at radius 2 is 2.39 bits per heavy atom. The van der Waals surface area contributed by atoms with Gasteiger partial charge in [0.2, 0.25) is 5.91 Å². The Labute approximate surface area is 111 Å². The lowest BCUT2D eigenvalue weighted by Crippen LogP contribution is -2.25. The van der Waals surface area contributed by atoms with E-state index in [9.17, 15) is 4.79 Å². The minimum Gasteiger partial charge on any atom is -0.497 e. The number of methoxy groups -OCH3 is 1. The molecule has 4 nitrogen and oxygen atoms in total. The molecule has 0 aliphatic carbocycles. The molecule has 0 bridgehead atoms. The topological polar surface area (TPSA) is 53.3 Å². The number of rotatable bonds is 3. The van der Waals surface area contributed by atoms with E-state index in [2.05, 4.69) is 6.07 Å². The van der Waals surface area contributed by atoms with Crippen LogP contribution in [0.4, 0.5) is 5.69 Å². The van der Waals surface area contributed by atoms with Gasteiger partial charge < -0.3 is 9.64 Å². The van der Waals surface area contributed by atoms with Gasteiger partial charge in [-0.1, -0.05) is 0 Å². The average Bonchev–Trinajstić information content (AvgIpc) is 2.79. The molecule has 1 amide bonds. The maximum atomic E-state index is 11.9. The van der Waals surface area contributed by atoms with Crippen molar-refractivity contribution in [2.24, 2.45) is 5.92 Å². The minimum absolute atomic E-state index is 0.0160. The first-order chi connectivity index (χ1) is 8.69. The van der Waals surface area contributed by atoms with E-state index in [0.29, 0.717) is 35.8 Å². The molecule has 5 heteroatoms. The number of benzene rings is 1. The molecule has 0 N–H and O–H groups in total. The number of nitrogens with zero attached hydrogens (tertiary/aromatic N) is 2. The Bertz CT molecular complexity index is 510. The van der Waals surface area contributed by atoms with Crippen LogP contribution in [0.3, 0.4) is 0 Å². The summed E-state index contributed by atoms with van der Waals surface area (Å²) in [6, 6.07) is 7.22. The van der Waals surface area contributed by atoms with Gasteiger partial charge in [-0.15, -0.1) is 11.6 Å². The van der Waals surface area contributed by atoms with Crippen molar-refractivity contribution >= 4 is 23.2 Å². The largest absolute Gasteiger partial charge is 0.497 e. The van der Waals surface area contributed by atoms with Crippen molar-refractivity contribution in [3.63, 3.8) is 0 Å². The summed E-state index contributed by atoms with van der Waals surface area (Å²) >= 11 is 5.78. The molecule has 0 spiro atoms. The number of alkyl halides is 1. The van der Waals surface area contributed by atoms with Crippen LogP contribution in [0.1, 0.15) is 12.0 Å². The molecule has 1 atom stereocenters. The number of hydrogen-bond donors (Lipinski definition) is 0. The van der Waals surface area contributed by atoms with Crippen molar-refractivity contribution in [2.45, 2.75) is 6.42 Å². The summed E-state index contributed by atoms with van der Waals surface area (Å²) in [5.74, 6) is 1.24. The number of hydrogen-bond acceptors (Lipinski definition) is 3. The summed E-state index contributed by atoms with van der Waals surface area (Å²) in [6.07, 6.45) is 0.445. The highest BCUT2D eigenvalue weighted by Crippen LogP contribution is 2.30. The van der Waals surface area contributed by atoms with Crippen molar-refractivity contribution in [3.8, 4) is 11.8 Å². The van der Waals surface area contributed by atoms with Gasteiger partial charge in [0.1, 0.15) is 11.8 Å². The molecule has 0 aromatic heterocycles. The van der Waals surface area contributed by atoms with E-state index in [1.54, 1.807) is 30.2 Å². The van der Waals surface area contributed by atoms with Crippen LogP contribution in [0.2, 0.25) is 0 Å². The Morgan fingerprint density at radius 3 is 2.94 bits per heavy atom. The lowest BCUT2D eigenvalue weighted by molar-refractivity contribution is -0.117. The zero-order chi connectivity index (χ0) is 13.1. The number of ether oxygens (including phenoxy) is 1. The van der Waals surface area contributed by atoms with E-state index in [0.717, 1.165) is 0 Å². The minimum atomic E-state index is 0.0160. The van der Waals surface area contributed by atoms with Crippen LogP contribution in [0, 0.1) is 17.2 Å². The lowest BCUT2D eigenvalue weighted by Gasteiger charge is -2.18. The number of halogens is 1. The monoisotopic (exact) mass is 264 g/mol. The van der Waals surface area contributed by atoms with E-state index in [1.807, 2.05) is 0 Å². The van der Waals surface area contributed by atoms with Crippen LogP contribution in [0.15, 0.2) is 18.2 Å². The highest BCUT2D eigenvalue weighted by molar-refractivity contribution is 6.18. The van der Waals surface area contributed by atoms with Gasteiger partial charge in [-0.2, -0.15) is 5.26 Å². The summed E-state index contributed by atoms with van der Waals surface area (Å²) < 4.78 is 5.07. The predicted molar refractivity (Wildman–Crippen MR) is 68.9 cm³/mol. The number of anilines is 1. The first-order valence-electron chi connectivity index (χ1n) is 5.64. The Morgan fingerprint density at radius 1 is 1.61 bits per heavy atom. The number of amides is 1. The zero-order valence-electron chi connectivity index (χ0n) is 10.0. The zero-order valence-corrected chi connectivity index (χ0v) is 10.8. The molecule has 94 valence electrons. The smallest absolute Gasteiger partial charge is 0.227 e. The average molecular weight is 265 g/mol. The van der Waals surface area contributed by atoms with Crippen LogP contribution in [0.5, 0.6) is 5.75 Å². The number of nitriles is 1. The van der Waals surface area contributed by atoms with Crippen LogP contribution in [-0.2, 0) is 4.79 Å². The second-order valence-electron chi connectivity index (χ2n) is 4.22. The maximum Gasteiger partial charge on any atom is 0.227 e. The number of carbonyl (C=O) groups is 1. The molecule has 1 heterocycles. The fraction of sp³-hybridized carbons (Fsp3) is 0.385. The predicted octanol–water partition coefficient (Wildman–Crippen LogP) is 2.16. The van der Waals surface area contributed by atoms with Crippen LogP contribution < -0.4 is 9.64 Å². The van der Waals surface area contributed by atoms with Crippen molar-refractivity contribution in [3.05, 3.63) is 23.8 Å². The van der Waals surface area contributed by atoms with E-state index in [4.69, 9.17) is 21.6 Å². The van der Waals surface area contributed by atoms with Gasteiger partial charge in [0.05, 0.1) is 18.4 Å². The second kappa shape index (κ2) is 5.28. The molecule has 1 aliphatic heterocycles. The Hall–Kier alpha value is -1.73. The highest BCUT2D eigenvalue weighted by Gasteiger charge is 2.31. The number of carbonyl (C=O) groups excluding carboxylic acids is 1. The normalized spacial score (nSPS) is 18.8. The Balaban J connectivity index is 2.34. The SMILES string of the molecule is COc1ccc(N2CC(CCl)CC2=O)c(C#N)c1. The van der Waals surface area contributed by atoms with E-state index in [-0.39, 0.29) is 11.8 Å². The molecule has 1 unspecified atom stereocenters. The van der Waals surface area contributed by atoms with E-state index >= 15 is 0 Å². The molecular weight excluding hydrogens is 252 g/mol. The molecule has 0 saturated carbocycles. The van der Waals surface area contributed by atoms with Gasteiger partial charge in [-0.25, -0.2) is 0 Å². The van der Waals surface area contributed by atoms with Gasteiger partial charge in [0.25, 0.3) is 0 Å². The molecule has 1 saturated heterocycles. The Kier molecular flexibility index (Phi) is 3.73. The van der Waals surface area contributed by atoms with Crippen LogP contribution >= 0.6 is 11.6 Å². The maximum absolute atomic E-state index is 11.9. The van der Waals surface area contributed by atoms with Crippen molar-refractivity contribution in [1.29, 1.82) is 5.26 Å². The highest BCUT2D eigenvalue weighted by atomic mass is 35.5. The van der Waals surface area contributed by atoms with Crippen LogP contribution in [0.25, 0.3) is 0 Å². The summed E-state index contributed by atoms with van der Waals surface area (Å²) in [4.78, 5) is 13.5. The summed E-state index contributed by atoms with van der Waals surface area (Å²) in [5, 5.41) is 9.14. The van der Waals surface area contributed by atoms with Crippen LogP contribution in [-0.4, -0.2) is 25.4 Å². The molecule has 18 heavy (non-hydrogen) atoms. The molecule has 1 aromatic rings. The van der Waals surface area contributed by atoms with Gasteiger partial charge in [0, 0.05) is 18.8 Å². The van der Waals surface area contributed by atoms with Gasteiger partial charge in [0.15, 0.2) is 0 Å². The van der Waals surface area contributed by atoms with Crippen molar-refractivity contribution in [2.75, 3.05) is 24.4 Å². The quantitative estimate of drug-likeness (QED) is 0.786. The van der Waals surface area contributed by atoms with Crippen molar-refractivity contribution < 1.29 is 9.53 Å². The summed E-state index contributed by atoms with van der Waals surface area (Å²) in [7, 11) is 1.54. The summed E-state index contributed by atoms with van der Waals surface area (Å²) in [6.45, 7) is 0.573. The van der Waals surface area contributed by atoms with Gasteiger partial charge in [-0.3, -0.25) is 4.79 Å². The first kappa shape index (κ1) is 12.7. The van der Waals surface area contributed by atoms with E-state index < -0.39 is 0 Å². The standard InChI is InChI=1S/C13H13ClN2O2/c1-18-11-2-3-12(10(5-11)7-15)16-8-9(6-14)4-13(16)17/h2-3,5,9H,4,6,8H2,1H3. The molecule has 1 aliphatic rings. The fourth-order valence-corrected chi connectivity index (χ4v) is 2.29. The third-order valence-corrected chi connectivity index (χ3v) is 3.47. The van der Waals surface area contributed by atoms with Crippen molar-refractivity contribution in [1.82, 2.24) is 0 Å². The third kappa shape index (κ3) is 2.27. The lowest BCUT2D eigenvalue weighted by atomic mass is 10.1. The molecule has 1 aromatic carbocycles. The molecule has 1 fully saturated rings. The van der Waals surface area contributed by atoms with Gasteiger partial charge >= 0.3 is 0 Å². The third-order valence-electron chi connectivity index (χ3n) is 3.04. The van der Waals surface area contributed by atoms with Gasteiger partial charge in [-0.05, 0) is 24.1 Å². The molecule has 2 rings (SSSR count). The summed E-state index contributed by atoms with van der Waals surface area (Å²) in [5.41, 5.74) is 1.08. The molecule has 0 radical (unpaired) electrons. The fourth-order valence-electron chi connectivity index (χ4n) is 2.08. The van der Waals surface area contributed by atoms with E-state index in [1.165, 1.54) is 0 Å². The first-order valence-corrected chi connectivity index (χ1v) is 6.17. The molecular formula is C13H13ClN2O2.